The Labute approximate surface area is 163 Å². The highest BCUT2D eigenvalue weighted by atomic mass is 35.5. The summed E-state index contributed by atoms with van der Waals surface area (Å²) in [5.74, 6) is -0.354. The number of anilines is 2. The second kappa shape index (κ2) is 7.82. The van der Waals surface area contributed by atoms with Gasteiger partial charge in [-0.15, -0.1) is 0 Å². The number of aryl methyl sites for hydroxylation is 1. The lowest BCUT2D eigenvalue weighted by Crippen LogP contribution is -2.14. The molecule has 0 unspecified atom stereocenters. The molecule has 0 fully saturated rings. The molecular formula is C20H17ClN2O3S. The maximum Gasteiger partial charge on any atom is 0.261 e. The van der Waals surface area contributed by atoms with Crippen LogP contribution < -0.4 is 10.0 Å². The zero-order valence-corrected chi connectivity index (χ0v) is 16.0. The molecular weight excluding hydrogens is 384 g/mol. The number of halogens is 1. The van der Waals surface area contributed by atoms with Gasteiger partial charge in [-0.05, 0) is 61.5 Å². The van der Waals surface area contributed by atoms with Crippen LogP contribution in [0.25, 0.3) is 0 Å². The molecule has 0 radical (unpaired) electrons. The number of nitrogens with one attached hydrogen (secondary N) is 2. The maximum absolute atomic E-state index is 12.5. The minimum atomic E-state index is -3.73. The third kappa shape index (κ3) is 4.87. The predicted molar refractivity (Wildman–Crippen MR) is 108 cm³/mol. The van der Waals surface area contributed by atoms with Crippen LogP contribution in [0.4, 0.5) is 11.4 Å². The van der Waals surface area contributed by atoms with Gasteiger partial charge in [0.15, 0.2) is 0 Å². The van der Waals surface area contributed by atoms with E-state index in [0.717, 1.165) is 5.56 Å². The van der Waals surface area contributed by atoms with Crippen molar-refractivity contribution in [3.63, 3.8) is 0 Å². The van der Waals surface area contributed by atoms with Crippen LogP contribution in [0.5, 0.6) is 0 Å². The molecule has 3 rings (SSSR count). The van der Waals surface area contributed by atoms with Crippen molar-refractivity contribution < 1.29 is 13.2 Å². The lowest BCUT2D eigenvalue weighted by atomic mass is 10.2. The Morgan fingerprint density at radius 2 is 1.56 bits per heavy atom. The molecule has 1 amide bonds. The average molecular weight is 401 g/mol. The standard InChI is InChI=1S/C20H17ClN2O3S/c1-14-5-9-17(10-6-14)23-27(25,26)19-11-7-15(8-12-19)20(24)22-18-4-2-3-16(21)13-18/h2-13,23H,1H3,(H,22,24). The second-order valence-corrected chi connectivity index (χ2v) is 8.08. The van der Waals surface area contributed by atoms with E-state index in [2.05, 4.69) is 10.0 Å². The Balaban J connectivity index is 1.73. The topological polar surface area (TPSA) is 75.3 Å². The van der Waals surface area contributed by atoms with Gasteiger partial charge >= 0.3 is 0 Å². The highest BCUT2D eigenvalue weighted by Gasteiger charge is 2.15. The number of rotatable bonds is 5. The molecule has 27 heavy (non-hydrogen) atoms. The molecule has 138 valence electrons. The van der Waals surface area contributed by atoms with Gasteiger partial charge in [0.1, 0.15) is 0 Å². The van der Waals surface area contributed by atoms with Crippen LogP contribution in [-0.2, 0) is 10.0 Å². The van der Waals surface area contributed by atoms with Gasteiger partial charge in [0, 0.05) is 22.0 Å². The van der Waals surface area contributed by atoms with Crippen molar-refractivity contribution in [2.45, 2.75) is 11.8 Å². The number of benzene rings is 3. The maximum atomic E-state index is 12.5. The van der Waals surface area contributed by atoms with Crippen molar-refractivity contribution >= 4 is 38.9 Å². The molecule has 0 atom stereocenters. The fourth-order valence-corrected chi connectivity index (χ4v) is 3.64. The lowest BCUT2D eigenvalue weighted by molar-refractivity contribution is 0.102. The van der Waals surface area contributed by atoms with Crippen molar-refractivity contribution in [3.05, 3.63) is 88.9 Å². The van der Waals surface area contributed by atoms with Gasteiger partial charge in [-0.25, -0.2) is 8.42 Å². The summed E-state index contributed by atoms with van der Waals surface area (Å²) in [6, 6.07) is 19.5. The number of amides is 1. The zero-order valence-electron chi connectivity index (χ0n) is 14.4. The van der Waals surface area contributed by atoms with E-state index in [0.29, 0.717) is 22.0 Å². The van der Waals surface area contributed by atoms with Crippen LogP contribution in [0.2, 0.25) is 5.02 Å². The molecule has 2 N–H and O–H groups in total. The van der Waals surface area contributed by atoms with E-state index < -0.39 is 10.0 Å². The summed E-state index contributed by atoms with van der Waals surface area (Å²) in [5.41, 5.74) is 2.41. The molecule has 0 aliphatic heterocycles. The van der Waals surface area contributed by atoms with Crippen molar-refractivity contribution in [2.75, 3.05) is 10.0 Å². The Hall–Kier alpha value is -2.83. The minimum absolute atomic E-state index is 0.0716. The van der Waals surface area contributed by atoms with Crippen molar-refractivity contribution in [3.8, 4) is 0 Å². The van der Waals surface area contributed by atoms with E-state index >= 15 is 0 Å². The highest BCUT2D eigenvalue weighted by Crippen LogP contribution is 2.19. The van der Waals surface area contributed by atoms with Crippen LogP contribution in [0.1, 0.15) is 15.9 Å². The largest absolute Gasteiger partial charge is 0.322 e. The Kier molecular flexibility index (Phi) is 5.48. The smallest absolute Gasteiger partial charge is 0.261 e. The van der Waals surface area contributed by atoms with E-state index in [1.165, 1.54) is 24.3 Å². The van der Waals surface area contributed by atoms with Gasteiger partial charge in [-0.1, -0.05) is 35.4 Å². The summed E-state index contributed by atoms with van der Waals surface area (Å²) in [6.45, 7) is 1.92. The van der Waals surface area contributed by atoms with Gasteiger partial charge in [0.25, 0.3) is 15.9 Å². The first kappa shape index (κ1) is 18.9. The molecule has 3 aromatic carbocycles. The molecule has 0 heterocycles. The van der Waals surface area contributed by atoms with Crippen molar-refractivity contribution in [2.24, 2.45) is 0 Å². The molecule has 0 saturated heterocycles. The molecule has 0 aliphatic carbocycles. The zero-order chi connectivity index (χ0) is 19.4. The molecule has 0 aromatic heterocycles. The van der Waals surface area contributed by atoms with E-state index in [1.807, 2.05) is 19.1 Å². The normalized spacial score (nSPS) is 11.0. The summed E-state index contributed by atoms with van der Waals surface area (Å²) in [6.07, 6.45) is 0. The number of sulfonamides is 1. The molecule has 0 saturated carbocycles. The first-order valence-electron chi connectivity index (χ1n) is 8.10. The SMILES string of the molecule is Cc1ccc(NS(=O)(=O)c2ccc(C(=O)Nc3cccc(Cl)c3)cc2)cc1. The van der Waals surface area contributed by atoms with E-state index in [9.17, 15) is 13.2 Å². The summed E-state index contributed by atoms with van der Waals surface area (Å²) < 4.78 is 27.5. The monoisotopic (exact) mass is 400 g/mol. The summed E-state index contributed by atoms with van der Waals surface area (Å²) in [5, 5.41) is 3.22. The van der Waals surface area contributed by atoms with Crippen molar-refractivity contribution in [1.82, 2.24) is 0 Å². The second-order valence-electron chi connectivity index (χ2n) is 5.96. The van der Waals surface area contributed by atoms with Gasteiger partial charge in [0.2, 0.25) is 0 Å². The summed E-state index contributed by atoms with van der Waals surface area (Å²) in [4.78, 5) is 12.4. The Morgan fingerprint density at radius 3 is 2.19 bits per heavy atom. The lowest BCUT2D eigenvalue weighted by Gasteiger charge is -2.09. The third-order valence-electron chi connectivity index (χ3n) is 3.81. The van der Waals surface area contributed by atoms with E-state index in [4.69, 9.17) is 11.6 Å². The fraction of sp³-hybridized carbons (Fsp3) is 0.0500. The van der Waals surface area contributed by atoms with Gasteiger partial charge in [-0.2, -0.15) is 0 Å². The van der Waals surface area contributed by atoms with Crippen LogP contribution >= 0.6 is 11.6 Å². The highest BCUT2D eigenvalue weighted by molar-refractivity contribution is 7.92. The van der Waals surface area contributed by atoms with Crippen molar-refractivity contribution in [1.29, 1.82) is 0 Å². The Morgan fingerprint density at radius 1 is 0.889 bits per heavy atom. The average Bonchev–Trinajstić information content (AvgIpc) is 2.63. The molecule has 0 bridgehead atoms. The van der Waals surface area contributed by atoms with Crippen LogP contribution in [0, 0.1) is 6.92 Å². The first-order valence-corrected chi connectivity index (χ1v) is 9.96. The third-order valence-corrected chi connectivity index (χ3v) is 5.45. The quantitative estimate of drug-likeness (QED) is 0.651. The summed E-state index contributed by atoms with van der Waals surface area (Å²) in [7, 11) is -3.73. The van der Waals surface area contributed by atoms with Gasteiger partial charge in [0.05, 0.1) is 4.90 Å². The predicted octanol–water partition coefficient (Wildman–Crippen LogP) is 4.70. The first-order chi connectivity index (χ1) is 12.8. The number of hydrogen-bond donors (Lipinski definition) is 2. The molecule has 5 nitrogen and oxygen atoms in total. The van der Waals surface area contributed by atoms with Crippen LogP contribution in [0.3, 0.4) is 0 Å². The minimum Gasteiger partial charge on any atom is -0.322 e. The molecule has 0 spiro atoms. The Bertz CT molecular complexity index is 1060. The van der Waals surface area contributed by atoms with E-state index in [-0.39, 0.29) is 10.8 Å². The van der Waals surface area contributed by atoms with Crippen LogP contribution in [-0.4, -0.2) is 14.3 Å². The van der Waals surface area contributed by atoms with Gasteiger partial charge in [-0.3, -0.25) is 9.52 Å². The fourth-order valence-electron chi connectivity index (χ4n) is 2.39. The van der Waals surface area contributed by atoms with Crippen LogP contribution in [0.15, 0.2) is 77.7 Å². The van der Waals surface area contributed by atoms with E-state index in [1.54, 1.807) is 36.4 Å². The summed E-state index contributed by atoms with van der Waals surface area (Å²) >= 11 is 5.90. The van der Waals surface area contributed by atoms with Gasteiger partial charge < -0.3 is 5.32 Å². The number of carbonyl (C=O) groups is 1. The molecule has 0 aliphatic rings. The number of carbonyl (C=O) groups excluding carboxylic acids is 1. The molecule has 7 heteroatoms. The number of hydrogen-bond acceptors (Lipinski definition) is 3. The molecule has 3 aromatic rings.